The highest BCUT2D eigenvalue weighted by atomic mass is 16.3. The van der Waals surface area contributed by atoms with E-state index < -0.39 is 5.60 Å². The fourth-order valence-electron chi connectivity index (χ4n) is 3.83. The molecular formula is C19H34N2O3. The molecule has 0 spiro atoms. The molecule has 1 heterocycles. The van der Waals surface area contributed by atoms with Gasteiger partial charge in [-0.2, -0.15) is 0 Å². The van der Waals surface area contributed by atoms with Gasteiger partial charge < -0.3 is 15.3 Å². The topological polar surface area (TPSA) is 69.6 Å². The molecular weight excluding hydrogens is 304 g/mol. The van der Waals surface area contributed by atoms with Crippen LogP contribution in [0.2, 0.25) is 0 Å². The molecule has 0 aromatic rings. The number of rotatable bonds is 4. The van der Waals surface area contributed by atoms with Gasteiger partial charge in [-0.1, -0.05) is 46.5 Å². The maximum Gasteiger partial charge on any atom is 0.242 e. The van der Waals surface area contributed by atoms with Crippen molar-refractivity contribution in [2.75, 3.05) is 13.1 Å². The van der Waals surface area contributed by atoms with Crippen molar-refractivity contribution < 1.29 is 14.7 Å². The summed E-state index contributed by atoms with van der Waals surface area (Å²) in [6, 6.07) is -0.366. The van der Waals surface area contributed by atoms with Gasteiger partial charge in [0.05, 0.1) is 5.60 Å². The lowest BCUT2D eigenvalue weighted by Crippen LogP contribution is -2.50. The standard InChI is InChI=1S/C19H34N2O3/c1-18(2,3)13-16(22)21-12-8-9-15(21)17(23)20-14-19(24)10-6-4-5-7-11-19/h15,24H,4-14H2,1-3H3,(H,20,23). The third-order valence-corrected chi connectivity index (χ3v) is 5.18. The highest BCUT2D eigenvalue weighted by Crippen LogP contribution is 2.27. The van der Waals surface area contributed by atoms with Crippen molar-refractivity contribution in [1.82, 2.24) is 10.2 Å². The largest absolute Gasteiger partial charge is 0.388 e. The van der Waals surface area contributed by atoms with Crippen LogP contribution in [-0.2, 0) is 9.59 Å². The minimum absolute atomic E-state index is 0.0633. The van der Waals surface area contributed by atoms with Crippen LogP contribution in [0.3, 0.4) is 0 Å². The third kappa shape index (κ3) is 5.47. The van der Waals surface area contributed by atoms with E-state index in [0.29, 0.717) is 19.5 Å². The zero-order chi connectivity index (χ0) is 17.8. The number of carbonyl (C=O) groups excluding carboxylic acids is 2. The van der Waals surface area contributed by atoms with Crippen molar-refractivity contribution in [1.29, 1.82) is 0 Å². The number of likely N-dealkylation sites (tertiary alicyclic amines) is 1. The highest BCUT2D eigenvalue weighted by Gasteiger charge is 2.36. The monoisotopic (exact) mass is 338 g/mol. The van der Waals surface area contributed by atoms with Gasteiger partial charge in [0.25, 0.3) is 0 Å². The Morgan fingerprint density at radius 2 is 1.75 bits per heavy atom. The van der Waals surface area contributed by atoms with Crippen LogP contribution in [0.15, 0.2) is 0 Å². The Kier molecular flexibility index (Phi) is 6.29. The van der Waals surface area contributed by atoms with E-state index in [4.69, 9.17) is 0 Å². The van der Waals surface area contributed by atoms with E-state index in [-0.39, 0.29) is 23.3 Å². The van der Waals surface area contributed by atoms with Gasteiger partial charge in [0.1, 0.15) is 6.04 Å². The second-order valence-electron chi connectivity index (χ2n) is 8.84. The average Bonchev–Trinajstić information content (AvgIpc) is 2.87. The Labute approximate surface area is 146 Å². The van der Waals surface area contributed by atoms with Crippen LogP contribution in [-0.4, -0.2) is 46.6 Å². The predicted molar refractivity (Wildman–Crippen MR) is 94.5 cm³/mol. The first-order valence-electron chi connectivity index (χ1n) is 9.50. The normalized spacial score (nSPS) is 24.5. The SMILES string of the molecule is CC(C)(C)CC(=O)N1CCCC1C(=O)NCC1(O)CCCCCC1. The molecule has 24 heavy (non-hydrogen) atoms. The van der Waals surface area contributed by atoms with Gasteiger partial charge in [-0.15, -0.1) is 0 Å². The number of amides is 2. The molecule has 2 fully saturated rings. The summed E-state index contributed by atoms with van der Waals surface area (Å²) in [5.41, 5.74) is -0.846. The van der Waals surface area contributed by atoms with E-state index in [1.54, 1.807) is 4.90 Å². The molecule has 138 valence electrons. The second kappa shape index (κ2) is 7.85. The van der Waals surface area contributed by atoms with Crippen molar-refractivity contribution in [3.05, 3.63) is 0 Å². The van der Waals surface area contributed by atoms with Crippen molar-refractivity contribution >= 4 is 11.8 Å². The first kappa shape index (κ1) is 19.2. The highest BCUT2D eigenvalue weighted by molar-refractivity contribution is 5.88. The van der Waals surface area contributed by atoms with E-state index in [1.165, 1.54) is 0 Å². The molecule has 0 aromatic carbocycles. The van der Waals surface area contributed by atoms with Gasteiger partial charge in [-0.3, -0.25) is 9.59 Å². The lowest BCUT2D eigenvalue weighted by molar-refractivity contribution is -0.140. The van der Waals surface area contributed by atoms with Crippen LogP contribution in [0.4, 0.5) is 0 Å². The summed E-state index contributed by atoms with van der Waals surface area (Å²) in [7, 11) is 0. The Morgan fingerprint density at radius 1 is 1.12 bits per heavy atom. The second-order valence-corrected chi connectivity index (χ2v) is 8.84. The number of carbonyl (C=O) groups is 2. The molecule has 0 bridgehead atoms. The lowest BCUT2D eigenvalue weighted by Gasteiger charge is -2.30. The van der Waals surface area contributed by atoms with Crippen molar-refractivity contribution in [3.8, 4) is 0 Å². The molecule has 2 amide bonds. The van der Waals surface area contributed by atoms with Gasteiger partial charge in [-0.05, 0) is 31.1 Å². The minimum atomic E-state index is -0.773. The molecule has 1 aliphatic carbocycles. The molecule has 0 aromatic heterocycles. The summed E-state index contributed by atoms with van der Waals surface area (Å²) in [5, 5.41) is 13.6. The van der Waals surface area contributed by atoms with E-state index >= 15 is 0 Å². The molecule has 2 aliphatic rings. The Morgan fingerprint density at radius 3 is 2.33 bits per heavy atom. The maximum atomic E-state index is 12.6. The van der Waals surface area contributed by atoms with Gasteiger partial charge >= 0.3 is 0 Å². The minimum Gasteiger partial charge on any atom is -0.388 e. The molecule has 5 heteroatoms. The zero-order valence-corrected chi connectivity index (χ0v) is 15.6. The summed E-state index contributed by atoms with van der Waals surface area (Å²) >= 11 is 0. The first-order valence-corrected chi connectivity index (χ1v) is 9.50. The van der Waals surface area contributed by atoms with Gasteiger partial charge in [0.2, 0.25) is 11.8 Å². The number of hydrogen-bond acceptors (Lipinski definition) is 3. The number of hydrogen-bond donors (Lipinski definition) is 2. The molecule has 1 saturated carbocycles. The van der Waals surface area contributed by atoms with Gasteiger partial charge in [-0.25, -0.2) is 0 Å². The molecule has 0 radical (unpaired) electrons. The quantitative estimate of drug-likeness (QED) is 0.774. The molecule has 1 unspecified atom stereocenters. The van der Waals surface area contributed by atoms with E-state index in [2.05, 4.69) is 5.32 Å². The number of aliphatic hydroxyl groups is 1. The molecule has 1 aliphatic heterocycles. The van der Waals surface area contributed by atoms with E-state index in [1.807, 2.05) is 20.8 Å². The number of nitrogens with zero attached hydrogens (tertiary/aromatic N) is 1. The zero-order valence-electron chi connectivity index (χ0n) is 15.6. The fourth-order valence-corrected chi connectivity index (χ4v) is 3.83. The summed E-state index contributed by atoms with van der Waals surface area (Å²) in [6.07, 6.45) is 7.92. The van der Waals surface area contributed by atoms with Crippen molar-refractivity contribution in [3.63, 3.8) is 0 Å². The molecule has 5 nitrogen and oxygen atoms in total. The van der Waals surface area contributed by atoms with Gasteiger partial charge in [0, 0.05) is 19.5 Å². The molecule has 1 atom stereocenters. The summed E-state index contributed by atoms with van der Waals surface area (Å²) < 4.78 is 0. The van der Waals surface area contributed by atoms with Crippen LogP contribution in [0, 0.1) is 5.41 Å². The summed E-state index contributed by atoms with van der Waals surface area (Å²) in [5.74, 6) is -0.0410. The predicted octanol–water partition coefficient (Wildman–Crippen LogP) is 2.62. The van der Waals surface area contributed by atoms with Crippen LogP contribution < -0.4 is 5.32 Å². The smallest absolute Gasteiger partial charge is 0.242 e. The van der Waals surface area contributed by atoms with Crippen LogP contribution >= 0.6 is 0 Å². The van der Waals surface area contributed by atoms with Crippen molar-refractivity contribution in [2.45, 2.75) is 90.2 Å². The van der Waals surface area contributed by atoms with Crippen LogP contribution in [0.25, 0.3) is 0 Å². The van der Waals surface area contributed by atoms with Crippen LogP contribution in [0.5, 0.6) is 0 Å². The van der Waals surface area contributed by atoms with Gasteiger partial charge in [0.15, 0.2) is 0 Å². The molecule has 1 saturated heterocycles. The first-order chi connectivity index (χ1) is 11.2. The molecule has 2 rings (SSSR count). The number of nitrogens with one attached hydrogen (secondary N) is 1. The fraction of sp³-hybridized carbons (Fsp3) is 0.895. The van der Waals surface area contributed by atoms with Crippen molar-refractivity contribution in [2.24, 2.45) is 5.41 Å². The lowest BCUT2D eigenvalue weighted by atomic mass is 9.91. The summed E-state index contributed by atoms with van der Waals surface area (Å²) in [4.78, 5) is 26.8. The Bertz CT molecular complexity index is 448. The van der Waals surface area contributed by atoms with E-state index in [9.17, 15) is 14.7 Å². The summed E-state index contributed by atoms with van der Waals surface area (Å²) in [6.45, 7) is 7.09. The third-order valence-electron chi connectivity index (χ3n) is 5.18. The van der Waals surface area contributed by atoms with Crippen LogP contribution in [0.1, 0.15) is 78.6 Å². The maximum absolute atomic E-state index is 12.6. The Hall–Kier alpha value is -1.10. The Balaban J connectivity index is 1.89. The molecule has 2 N–H and O–H groups in total. The van der Waals surface area contributed by atoms with E-state index in [0.717, 1.165) is 51.4 Å². The average molecular weight is 338 g/mol.